The number of nitrogens with zero attached hydrogens (tertiary/aromatic N) is 3. The minimum absolute atomic E-state index is 0.0323. The van der Waals surface area contributed by atoms with Crippen LogP contribution in [-0.2, 0) is 11.3 Å². The molecule has 6 nitrogen and oxygen atoms in total. The van der Waals surface area contributed by atoms with E-state index in [-0.39, 0.29) is 24.2 Å². The third-order valence-electron chi connectivity index (χ3n) is 6.02. The van der Waals surface area contributed by atoms with E-state index >= 15 is 0 Å². The van der Waals surface area contributed by atoms with Crippen LogP contribution in [0.25, 0.3) is 11.4 Å². The van der Waals surface area contributed by atoms with Crippen molar-refractivity contribution in [1.82, 2.24) is 19.7 Å². The number of halogens is 1. The quantitative estimate of drug-likeness (QED) is 0.422. The highest BCUT2D eigenvalue weighted by molar-refractivity contribution is 7.71. The molecule has 1 aliphatic rings. The maximum Gasteiger partial charge on any atom is 0.242 e. The summed E-state index contributed by atoms with van der Waals surface area (Å²) in [6, 6.07) is 13.2. The van der Waals surface area contributed by atoms with Crippen molar-refractivity contribution < 1.29 is 9.59 Å². The average molecular weight is 469 g/mol. The maximum absolute atomic E-state index is 13.0. The molecule has 1 aliphatic heterocycles. The van der Waals surface area contributed by atoms with Gasteiger partial charge < -0.3 is 4.90 Å². The zero-order valence-corrected chi connectivity index (χ0v) is 19.7. The molecule has 2 heterocycles. The van der Waals surface area contributed by atoms with Gasteiger partial charge in [-0.15, -0.1) is 0 Å². The van der Waals surface area contributed by atoms with Crippen molar-refractivity contribution in [3.63, 3.8) is 0 Å². The van der Waals surface area contributed by atoms with Crippen LogP contribution in [0.2, 0.25) is 5.02 Å². The molecule has 32 heavy (non-hydrogen) atoms. The molecule has 0 saturated carbocycles. The monoisotopic (exact) mass is 468 g/mol. The summed E-state index contributed by atoms with van der Waals surface area (Å²) in [5, 5.41) is 7.69. The van der Waals surface area contributed by atoms with Crippen molar-refractivity contribution in [2.75, 3.05) is 13.1 Å². The fourth-order valence-electron chi connectivity index (χ4n) is 4.22. The van der Waals surface area contributed by atoms with Gasteiger partial charge in [-0.2, -0.15) is 5.10 Å². The van der Waals surface area contributed by atoms with Gasteiger partial charge in [-0.3, -0.25) is 19.3 Å². The SMILES string of the molecule is Cc1ccc(C(=O)C2CCN(C(=O)Cn3c(-c4ccc(Cl)cc4)n[nH]c3=S)CC2)c(C)c1. The molecule has 0 unspecified atom stereocenters. The first kappa shape index (κ1) is 22.4. The highest BCUT2D eigenvalue weighted by Crippen LogP contribution is 2.25. The molecule has 0 spiro atoms. The Hall–Kier alpha value is -2.77. The van der Waals surface area contributed by atoms with Crippen LogP contribution in [0, 0.1) is 24.5 Å². The predicted octanol–water partition coefficient (Wildman–Crippen LogP) is 5.00. The summed E-state index contributed by atoms with van der Waals surface area (Å²) in [6.07, 6.45) is 1.33. The molecule has 3 aromatic rings. The van der Waals surface area contributed by atoms with Crippen LogP contribution in [0.1, 0.15) is 34.3 Å². The molecular weight excluding hydrogens is 444 g/mol. The van der Waals surface area contributed by atoms with Gasteiger partial charge in [0.05, 0.1) is 0 Å². The van der Waals surface area contributed by atoms with E-state index in [9.17, 15) is 9.59 Å². The Morgan fingerprint density at radius 3 is 2.47 bits per heavy atom. The van der Waals surface area contributed by atoms with Crippen molar-refractivity contribution in [2.45, 2.75) is 33.2 Å². The second kappa shape index (κ2) is 9.38. The first-order valence-electron chi connectivity index (χ1n) is 10.6. The number of aryl methyl sites for hydroxylation is 2. The number of ketones is 1. The van der Waals surface area contributed by atoms with Crippen LogP contribution in [0.3, 0.4) is 0 Å². The van der Waals surface area contributed by atoms with Gasteiger partial charge in [0, 0.05) is 35.2 Å². The number of rotatable bonds is 5. The number of aromatic amines is 1. The smallest absolute Gasteiger partial charge is 0.242 e. The van der Waals surface area contributed by atoms with Crippen molar-refractivity contribution in [3.05, 3.63) is 68.9 Å². The van der Waals surface area contributed by atoms with E-state index in [2.05, 4.69) is 10.2 Å². The lowest BCUT2D eigenvalue weighted by Gasteiger charge is -2.31. The van der Waals surface area contributed by atoms with E-state index in [0.717, 1.165) is 22.3 Å². The van der Waals surface area contributed by atoms with Gasteiger partial charge in [0.25, 0.3) is 0 Å². The number of likely N-dealkylation sites (tertiary alicyclic amines) is 1. The summed E-state index contributed by atoms with van der Waals surface area (Å²) < 4.78 is 2.09. The van der Waals surface area contributed by atoms with E-state index in [1.807, 2.05) is 49.1 Å². The Morgan fingerprint density at radius 2 is 1.81 bits per heavy atom. The van der Waals surface area contributed by atoms with Crippen LogP contribution in [0.5, 0.6) is 0 Å². The number of benzene rings is 2. The van der Waals surface area contributed by atoms with Crippen LogP contribution in [0.4, 0.5) is 0 Å². The number of hydrogen-bond acceptors (Lipinski definition) is 4. The van der Waals surface area contributed by atoms with Crippen molar-refractivity contribution in [1.29, 1.82) is 0 Å². The number of piperidine rings is 1. The van der Waals surface area contributed by atoms with Crippen LogP contribution in [0.15, 0.2) is 42.5 Å². The number of H-pyrrole nitrogens is 1. The molecule has 1 N–H and O–H groups in total. The highest BCUT2D eigenvalue weighted by atomic mass is 35.5. The summed E-state index contributed by atoms with van der Waals surface area (Å²) >= 11 is 11.3. The Labute approximate surface area is 197 Å². The third-order valence-corrected chi connectivity index (χ3v) is 6.58. The molecule has 1 fully saturated rings. The van der Waals surface area contributed by atoms with E-state index < -0.39 is 0 Å². The van der Waals surface area contributed by atoms with E-state index in [1.165, 1.54) is 0 Å². The zero-order chi connectivity index (χ0) is 22.8. The summed E-state index contributed by atoms with van der Waals surface area (Å²) in [6.45, 7) is 5.22. The maximum atomic E-state index is 13.0. The zero-order valence-electron chi connectivity index (χ0n) is 18.1. The van der Waals surface area contributed by atoms with Crippen molar-refractivity contribution in [2.24, 2.45) is 5.92 Å². The Kier molecular flexibility index (Phi) is 6.58. The van der Waals surface area contributed by atoms with Gasteiger partial charge >= 0.3 is 0 Å². The standard InChI is InChI=1S/C24H25ClN4O2S/c1-15-3-8-20(16(2)13-15)22(31)17-9-11-28(12-10-17)21(30)14-29-23(26-27-24(29)32)18-4-6-19(25)7-5-18/h3-8,13,17H,9-12,14H2,1-2H3,(H,27,32). The number of hydrogen-bond donors (Lipinski definition) is 1. The molecule has 4 rings (SSSR count). The van der Waals surface area contributed by atoms with Crippen molar-refractivity contribution >= 4 is 35.5 Å². The van der Waals surface area contributed by atoms with Crippen LogP contribution < -0.4 is 0 Å². The fourth-order valence-corrected chi connectivity index (χ4v) is 4.54. The highest BCUT2D eigenvalue weighted by Gasteiger charge is 2.29. The molecule has 0 bridgehead atoms. The lowest BCUT2D eigenvalue weighted by molar-refractivity contribution is -0.133. The molecular formula is C24H25ClN4O2S. The number of carbonyl (C=O) groups excluding carboxylic acids is 2. The molecule has 2 aromatic carbocycles. The minimum atomic E-state index is -0.0545. The topological polar surface area (TPSA) is 71.0 Å². The number of aromatic nitrogens is 3. The van der Waals surface area contributed by atoms with Gasteiger partial charge in [-0.05, 0) is 68.7 Å². The molecule has 8 heteroatoms. The Balaban J connectivity index is 1.41. The van der Waals surface area contributed by atoms with E-state index in [0.29, 0.717) is 41.5 Å². The third kappa shape index (κ3) is 4.69. The number of carbonyl (C=O) groups is 2. The first-order chi connectivity index (χ1) is 15.3. The summed E-state index contributed by atoms with van der Waals surface area (Å²) in [5.74, 6) is 0.688. The first-order valence-corrected chi connectivity index (χ1v) is 11.4. The number of Topliss-reactive ketones (excluding diaryl/α,β-unsaturated/α-hetero) is 1. The molecule has 1 amide bonds. The molecule has 1 saturated heterocycles. The lowest BCUT2D eigenvalue weighted by atomic mass is 9.87. The van der Waals surface area contributed by atoms with Crippen LogP contribution >= 0.6 is 23.8 Å². The Morgan fingerprint density at radius 1 is 1.12 bits per heavy atom. The normalized spacial score (nSPS) is 14.5. The Bertz CT molecular complexity index is 1210. The van der Waals surface area contributed by atoms with Gasteiger partial charge in [0.15, 0.2) is 16.4 Å². The average Bonchev–Trinajstić information content (AvgIpc) is 3.14. The van der Waals surface area contributed by atoms with Gasteiger partial charge in [0.2, 0.25) is 5.91 Å². The molecule has 1 aromatic heterocycles. The van der Waals surface area contributed by atoms with E-state index in [1.54, 1.807) is 16.7 Å². The van der Waals surface area contributed by atoms with Crippen LogP contribution in [-0.4, -0.2) is 44.4 Å². The predicted molar refractivity (Wildman–Crippen MR) is 127 cm³/mol. The largest absolute Gasteiger partial charge is 0.341 e. The molecule has 0 radical (unpaired) electrons. The van der Waals surface area contributed by atoms with Gasteiger partial charge in [-0.1, -0.05) is 35.4 Å². The van der Waals surface area contributed by atoms with Crippen molar-refractivity contribution in [3.8, 4) is 11.4 Å². The molecule has 0 atom stereocenters. The second-order valence-corrected chi connectivity index (χ2v) is 9.11. The number of amides is 1. The second-order valence-electron chi connectivity index (χ2n) is 8.28. The van der Waals surface area contributed by atoms with E-state index in [4.69, 9.17) is 23.8 Å². The number of nitrogens with one attached hydrogen (secondary N) is 1. The summed E-state index contributed by atoms with van der Waals surface area (Å²) in [5.41, 5.74) is 3.78. The minimum Gasteiger partial charge on any atom is -0.341 e. The summed E-state index contributed by atoms with van der Waals surface area (Å²) in [7, 11) is 0. The van der Waals surface area contributed by atoms with Gasteiger partial charge in [-0.25, -0.2) is 0 Å². The summed E-state index contributed by atoms with van der Waals surface area (Å²) in [4.78, 5) is 27.8. The molecule has 0 aliphatic carbocycles. The fraction of sp³-hybridized carbons (Fsp3) is 0.333. The van der Waals surface area contributed by atoms with Gasteiger partial charge in [0.1, 0.15) is 6.54 Å². The lowest BCUT2D eigenvalue weighted by Crippen LogP contribution is -2.42. The molecule has 166 valence electrons.